The Morgan fingerprint density at radius 2 is 1.53 bits per heavy atom. The molecule has 0 saturated heterocycles. The molecule has 6 nitrogen and oxygen atoms in total. The van der Waals surface area contributed by atoms with E-state index in [0.29, 0.717) is 6.07 Å². The fraction of sp³-hybridized carbons (Fsp3) is 0.200. The Morgan fingerprint density at radius 3 is 2.09 bits per heavy atom. The largest absolute Gasteiger partial charge is 0.479 e. The van der Waals surface area contributed by atoms with Crippen molar-refractivity contribution in [1.29, 1.82) is 0 Å². The predicted molar refractivity (Wildman–Crippen MR) is 116 cm³/mol. The third-order valence-corrected chi connectivity index (χ3v) is 5.76. The number of carbonyl (C=O) groups excluding carboxylic acids is 1. The normalized spacial score (nSPS) is 14.6. The van der Waals surface area contributed by atoms with Gasteiger partial charge in [0.15, 0.2) is 6.10 Å². The number of fused-ring (bicyclic) bond motifs is 3. The molecule has 0 unspecified atom stereocenters. The molecule has 0 saturated carbocycles. The average Bonchev–Trinajstić information content (AvgIpc) is 3.14. The van der Waals surface area contributed by atoms with E-state index in [2.05, 4.69) is 5.32 Å². The first-order chi connectivity index (χ1) is 16.2. The molecule has 4 rings (SSSR count). The second-order valence-electron chi connectivity index (χ2n) is 7.85. The van der Waals surface area contributed by atoms with E-state index in [1.165, 1.54) is 6.07 Å². The molecule has 0 fully saturated rings. The molecule has 1 amide bonds. The Labute approximate surface area is 192 Å². The first kappa shape index (κ1) is 23.3. The van der Waals surface area contributed by atoms with Crippen LogP contribution in [0.5, 0.6) is 0 Å². The number of amides is 1. The maximum atomic E-state index is 13.1. The highest BCUT2D eigenvalue weighted by atomic mass is 19.4. The molecule has 176 valence electrons. The molecular weight excluding hydrogens is 451 g/mol. The molecule has 3 aromatic rings. The molecule has 0 aliphatic heterocycles. The lowest BCUT2D eigenvalue weighted by Gasteiger charge is -2.23. The summed E-state index contributed by atoms with van der Waals surface area (Å²) in [5.74, 6) is -1.98. The second-order valence-corrected chi connectivity index (χ2v) is 7.85. The van der Waals surface area contributed by atoms with Gasteiger partial charge in [0.2, 0.25) is 0 Å². The van der Waals surface area contributed by atoms with Crippen molar-refractivity contribution in [2.75, 3.05) is 6.61 Å². The number of carboxylic acids is 1. The van der Waals surface area contributed by atoms with Gasteiger partial charge in [-0.3, -0.25) is 0 Å². The molecule has 3 aromatic carbocycles. The molecule has 3 N–H and O–H groups in total. The summed E-state index contributed by atoms with van der Waals surface area (Å²) in [4.78, 5) is 23.9. The van der Waals surface area contributed by atoms with Crippen LogP contribution >= 0.6 is 0 Å². The number of alkyl carbamates (subject to hydrolysis) is 1. The van der Waals surface area contributed by atoms with Gasteiger partial charge >= 0.3 is 18.2 Å². The van der Waals surface area contributed by atoms with Gasteiger partial charge in [-0.25, -0.2) is 9.59 Å². The van der Waals surface area contributed by atoms with Crippen molar-refractivity contribution in [3.05, 3.63) is 95.1 Å². The predicted octanol–water partition coefficient (Wildman–Crippen LogP) is 4.73. The number of halogens is 3. The van der Waals surface area contributed by atoms with Crippen molar-refractivity contribution in [1.82, 2.24) is 5.32 Å². The van der Waals surface area contributed by atoms with Gasteiger partial charge in [-0.15, -0.1) is 0 Å². The van der Waals surface area contributed by atoms with Gasteiger partial charge in [0.25, 0.3) is 0 Å². The number of carboxylic acid groups (broad SMARTS) is 1. The Kier molecular flexibility index (Phi) is 6.30. The second kappa shape index (κ2) is 9.18. The van der Waals surface area contributed by atoms with E-state index in [4.69, 9.17) is 4.74 Å². The Balaban J connectivity index is 1.53. The minimum absolute atomic E-state index is 0.0850. The van der Waals surface area contributed by atoms with Gasteiger partial charge in [-0.2, -0.15) is 13.2 Å². The first-order valence-corrected chi connectivity index (χ1v) is 10.4. The summed E-state index contributed by atoms with van der Waals surface area (Å²) in [5, 5.41) is 21.5. The molecule has 1 aliphatic rings. The number of carbonyl (C=O) groups is 2. The highest BCUT2D eigenvalue weighted by molar-refractivity contribution is 5.79. The number of aliphatic hydroxyl groups excluding tert-OH is 1. The maximum absolute atomic E-state index is 13.1. The van der Waals surface area contributed by atoms with Crippen molar-refractivity contribution >= 4 is 12.1 Å². The van der Waals surface area contributed by atoms with Crippen molar-refractivity contribution in [3.63, 3.8) is 0 Å². The zero-order chi connectivity index (χ0) is 24.5. The monoisotopic (exact) mass is 471 g/mol. The van der Waals surface area contributed by atoms with Gasteiger partial charge in [0.05, 0.1) is 11.6 Å². The minimum atomic E-state index is -4.68. The van der Waals surface area contributed by atoms with Gasteiger partial charge in [0, 0.05) is 5.92 Å². The molecule has 2 atom stereocenters. The highest BCUT2D eigenvalue weighted by Gasteiger charge is 2.35. The van der Waals surface area contributed by atoms with Crippen LogP contribution in [0.15, 0.2) is 72.8 Å². The molecule has 34 heavy (non-hydrogen) atoms. The summed E-state index contributed by atoms with van der Waals surface area (Å²) >= 11 is 0. The summed E-state index contributed by atoms with van der Waals surface area (Å²) in [6, 6.07) is 17.4. The molecule has 0 spiro atoms. The standard InChI is InChI=1S/C25H20F3NO5/c26-25(27,28)15-7-5-6-14(12-15)21(22(30)23(31)32)29-24(33)34-13-20-18-10-3-1-8-16(18)17-9-2-4-11-19(17)20/h1-12,20-22,30H,13H2,(H,29,33)(H,31,32)/t21-,22-/m1/s1. The maximum Gasteiger partial charge on any atom is 0.416 e. The molecule has 0 aromatic heterocycles. The number of aliphatic carboxylic acids is 1. The molecule has 0 radical (unpaired) electrons. The van der Waals surface area contributed by atoms with Gasteiger partial charge in [-0.05, 0) is 39.9 Å². The van der Waals surface area contributed by atoms with E-state index < -0.39 is 35.9 Å². The number of hydrogen-bond acceptors (Lipinski definition) is 4. The van der Waals surface area contributed by atoms with Gasteiger partial charge in [-0.1, -0.05) is 60.7 Å². The Bertz CT molecular complexity index is 1180. The summed E-state index contributed by atoms with van der Waals surface area (Å²) < 4.78 is 44.6. The topological polar surface area (TPSA) is 95.9 Å². The van der Waals surface area contributed by atoms with E-state index in [1.54, 1.807) is 0 Å². The van der Waals surface area contributed by atoms with Crippen LogP contribution in [0, 0.1) is 0 Å². The van der Waals surface area contributed by atoms with Crippen LogP contribution in [-0.2, 0) is 15.7 Å². The van der Waals surface area contributed by atoms with E-state index >= 15 is 0 Å². The molecule has 9 heteroatoms. The zero-order valence-electron chi connectivity index (χ0n) is 17.6. The lowest BCUT2D eigenvalue weighted by atomic mass is 9.98. The number of aliphatic hydroxyl groups is 1. The molecule has 0 bridgehead atoms. The van der Waals surface area contributed by atoms with Gasteiger partial charge in [0.1, 0.15) is 6.61 Å². The average molecular weight is 471 g/mol. The number of ether oxygens (including phenoxy) is 1. The summed E-state index contributed by atoms with van der Waals surface area (Å²) in [5.41, 5.74) is 2.67. The zero-order valence-corrected chi connectivity index (χ0v) is 17.6. The Hall–Kier alpha value is -3.85. The molecule has 0 heterocycles. The van der Waals surface area contributed by atoms with Crippen LogP contribution in [0.1, 0.15) is 34.2 Å². The van der Waals surface area contributed by atoms with Crippen LogP contribution < -0.4 is 5.32 Å². The summed E-state index contributed by atoms with van der Waals surface area (Å²) in [7, 11) is 0. The lowest BCUT2D eigenvalue weighted by molar-refractivity contribution is -0.148. The molecular formula is C25H20F3NO5. The highest BCUT2D eigenvalue weighted by Crippen LogP contribution is 2.44. The number of alkyl halides is 3. The number of nitrogens with one attached hydrogen (secondary N) is 1. The van der Waals surface area contributed by atoms with Gasteiger partial charge < -0.3 is 20.3 Å². The van der Waals surface area contributed by atoms with Crippen LogP contribution in [0.3, 0.4) is 0 Å². The smallest absolute Gasteiger partial charge is 0.416 e. The number of benzene rings is 3. The fourth-order valence-corrected chi connectivity index (χ4v) is 4.16. The van der Waals surface area contributed by atoms with E-state index in [1.807, 2.05) is 48.5 Å². The molecule has 1 aliphatic carbocycles. The third kappa shape index (κ3) is 4.60. The SMILES string of the molecule is O=C(N[C@H](c1cccc(C(F)(F)F)c1)[C@@H](O)C(=O)O)OCC1c2ccccc2-c2ccccc21. The lowest BCUT2D eigenvalue weighted by Crippen LogP contribution is -2.41. The number of hydrogen-bond donors (Lipinski definition) is 3. The Morgan fingerprint density at radius 1 is 0.941 bits per heavy atom. The summed E-state index contributed by atoms with van der Waals surface area (Å²) in [6.45, 7) is -0.0850. The van der Waals surface area contributed by atoms with Crippen molar-refractivity contribution in [2.45, 2.75) is 24.2 Å². The first-order valence-electron chi connectivity index (χ1n) is 10.4. The van der Waals surface area contributed by atoms with E-state index in [0.717, 1.165) is 34.4 Å². The van der Waals surface area contributed by atoms with Crippen LogP contribution in [0.25, 0.3) is 11.1 Å². The minimum Gasteiger partial charge on any atom is -0.479 e. The summed E-state index contributed by atoms with van der Waals surface area (Å²) in [6.07, 6.45) is -7.94. The van der Waals surface area contributed by atoms with Crippen LogP contribution in [0.2, 0.25) is 0 Å². The van der Waals surface area contributed by atoms with Crippen molar-refractivity contribution in [2.24, 2.45) is 0 Å². The van der Waals surface area contributed by atoms with Crippen molar-refractivity contribution in [3.8, 4) is 11.1 Å². The fourth-order valence-electron chi connectivity index (χ4n) is 4.16. The van der Waals surface area contributed by atoms with Crippen LogP contribution in [-0.4, -0.2) is 35.0 Å². The van der Waals surface area contributed by atoms with E-state index in [-0.39, 0.29) is 18.1 Å². The van der Waals surface area contributed by atoms with Crippen molar-refractivity contribution < 1.29 is 37.7 Å². The van der Waals surface area contributed by atoms with Crippen LogP contribution in [0.4, 0.5) is 18.0 Å². The quantitative estimate of drug-likeness (QED) is 0.483. The number of rotatable bonds is 6. The van der Waals surface area contributed by atoms with E-state index in [9.17, 15) is 33.0 Å². The third-order valence-electron chi connectivity index (χ3n) is 5.76.